The van der Waals surface area contributed by atoms with E-state index in [0.29, 0.717) is 11.5 Å². The topological polar surface area (TPSA) is 40.5 Å². The van der Waals surface area contributed by atoms with E-state index in [1.54, 1.807) is 0 Å². The quantitative estimate of drug-likeness (QED) is 0.611. The Morgan fingerprint density at radius 3 is 1.30 bits per heavy atom. The molecule has 0 unspecified atom stereocenters. The molecule has 148 valence electrons. The molecule has 3 heteroatoms. The molecule has 27 heavy (non-hydrogen) atoms. The van der Waals surface area contributed by atoms with Gasteiger partial charge >= 0.3 is 0 Å². The van der Waals surface area contributed by atoms with E-state index in [4.69, 9.17) is 0 Å². The minimum Gasteiger partial charge on any atom is -0.507 e. The lowest BCUT2D eigenvalue weighted by Crippen LogP contribution is -2.12. The van der Waals surface area contributed by atoms with Crippen molar-refractivity contribution in [2.75, 3.05) is 0 Å². The molecular formula is C24H34O2S. The Hall–Kier alpha value is -1.61. The standard InChI is InChI=1S/C24H34O2S/c1-15-9-17(11-19(21(15)25)23(3,4)5)13-27-14-18-10-16(2)22(26)20(12-18)24(6,7)8/h9-12,25-26H,13-14H2,1-8H3. The number of phenolic OH excluding ortho intramolecular Hbond substituents is 2. The van der Waals surface area contributed by atoms with Crippen LogP contribution in [0.2, 0.25) is 0 Å². The summed E-state index contributed by atoms with van der Waals surface area (Å²) in [6, 6.07) is 8.44. The van der Waals surface area contributed by atoms with E-state index < -0.39 is 0 Å². The van der Waals surface area contributed by atoms with Gasteiger partial charge in [0.25, 0.3) is 0 Å². The summed E-state index contributed by atoms with van der Waals surface area (Å²) < 4.78 is 0. The Labute approximate surface area is 169 Å². The van der Waals surface area contributed by atoms with Crippen LogP contribution in [0.5, 0.6) is 11.5 Å². The van der Waals surface area contributed by atoms with E-state index in [1.807, 2.05) is 25.6 Å². The van der Waals surface area contributed by atoms with E-state index in [1.165, 1.54) is 11.1 Å². The number of thioether (sulfide) groups is 1. The molecule has 0 aliphatic heterocycles. The molecule has 2 aromatic rings. The number of hydrogen-bond acceptors (Lipinski definition) is 3. The van der Waals surface area contributed by atoms with Crippen LogP contribution in [-0.2, 0) is 22.3 Å². The Balaban J connectivity index is 2.18. The normalized spacial score (nSPS) is 12.4. The van der Waals surface area contributed by atoms with E-state index in [-0.39, 0.29) is 10.8 Å². The molecule has 0 atom stereocenters. The monoisotopic (exact) mass is 386 g/mol. The molecule has 0 saturated heterocycles. The van der Waals surface area contributed by atoms with Crippen LogP contribution in [0, 0.1) is 13.8 Å². The maximum atomic E-state index is 10.4. The molecule has 0 saturated carbocycles. The molecule has 0 fully saturated rings. The first-order chi connectivity index (χ1) is 12.3. The fourth-order valence-corrected chi connectivity index (χ4v) is 4.21. The Morgan fingerprint density at radius 2 is 1.00 bits per heavy atom. The van der Waals surface area contributed by atoms with Crippen molar-refractivity contribution in [3.8, 4) is 11.5 Å². The number of phenols is 2. The van der Waals surface area contributed by atoms with Crippen molar-refractivity contribution in [3.05, 3.63) is 57.6 Å². The van der Waals surface area contributed by atoms with Crippen LogP contribution in [0.1, 0.15) is 74.9 Å². The van der Waals surface area contributed by atoms with Gasteiger partial charge in [-0.1, -0.05) is 65.8 Å². The summed E-state index contributed by atoms with van der Waals surface area (Å²) >= 11 is 1.86. The molecule has 0 bridgehead atoms. The van der Waals surface area contributed by atoms with Gasteiger partial charge in [-0.3, -0.25) is 0 Å². The van der Waals surface area contributed by atoms with Gasteiger partial charge in [-0.05, 0) is 58.1 Å². The van der Waals surface area contributed by atoms with Crippen LogP contribution in [0.15, 0.2) is 24.3 Å². The number of rotatable bonds is 4. The summed E-state index contributed by atoms with van der Waals surface area (Å²) in [5.74, 6) is 2.63. The average Bonchev–Trinajstić information content (AvgIpc) is 2.51. The second kappa shape index (κ2) is 7.79. The molecule has 2 nitrogen and oxygen atoms in total. The summed E-state index contributed by atoms with van der Waals surface area (Å²) in [4.78, 5) is 0. The van der Waals surface area contributed by atoms with Crippen LogP contribution < -0.4 is 0 Å². The summed E-state index contributed by atoms with van der Waals surface area (Å²) in [6.45, 7) is 16.7. The van der Waals surface area contributed by atoms with Crippen molar-refractivity contribution in [1.29, 1.82) is 0 Å². The van der Waals surface area contributed by atoms with Gasteiger partial charge in [-0.2, -0.15) is 11.8 Å². The van der Waals surface area contributed by atoms with Crippen molar-refractivity contribution in [2.24, 2.45) is 0 Å². The minimum absolute atomic E-state index is 0.0782. The SMILES string of the molecule is Cc1cc(CSCc2cc(C)c(O)c(C(C)(C)C)c2)cc(C(C)(C)C)c1O. The highest BCUT2D eigenvalue weighted by Crippen LogP contribution is 2.37. The van der Waals surface area contributed by atoms with Gasteiger partial charge in [-0.25, -0.2) is 0 Å². The molecule has 0 aliphatic carbocycles. The lowest BCUT2D eigenvalue weighted by atomic mass is 9.84. The largest absolute Gasteiger partial charge is 0.507 e. The van der Waals surface area contributed by atoms with Crippen LogP contribution >= 0.6 is 11.8 Å². The number of aromatic hydroxyl groups is 2. The number of benzene rings is 2. The lowest BCUT2D eigenvalue weighted by molar-refractivity contribution is 0.442. The van der Waals surface area contributed by atoms with Gasteiger partial charge < -0.3 is 10.2 Å². The molecule has 0 amide bonds. The molecule has 2 rings (SSSR count). The highest BCUT2D eigenvalue weighted by atomic mass is 32.2. The Morgan fingerprint density at radius 1 is 0.667 bits per heavy atom. The fourth-order valence-electron chi connectivity index (χ4n) is 3.31. The highest BCUT2D eigenvalue weighted by molar-refractivity contribution is 7.97. The summed E-state index contributed by atoms with van der Waals surface area (Å²) in [5.41, 5.74) is 6.22. The Kier molecular flexibility index (Phi) is 6.26. The zero-order chi connectivity index (χ0) is 20.6. The molecule has 0 aromatic heterocycles. The second-order valence-electron chi connectivity index (χ2n) is 9.61. The van der Waals surface area contributed by atoms with Crippen molar-refractivity contribution >= 4 is 11.8 Å². The smallest absolute Gasteiger partial charge is 0.122 e. The zero-order valence-corrected chi connectivity index (χ0v) is 18.8. The first-order valence-corrected chi connectivity index (χ1v) is 10.7. The van der Waals surface area contributed by atoms with Gasteiger partial charge in [0.1, 0.15) is 11.5 Å². The second-order valence-corrected chi connectivity index (χ2v) is 10.6. The predicted molar refractivity (Wildman–Crippen MR) is 118 cm³/mol. The molecule has 0 aliphatic rings. The van der Waals surface area contributed by atoms with E-state index in [2.05, 4.69) is 65.8 Å². The third-order valence-corrected chi connectivity index (χ3v) is 5.95. The van der Waals surface area contributed by atoms with Gasteiger partial charge in [-0.15, -0.1) is 0 Å². The van der Waals surface area contributed by atoms with E-state index >= 15 is 0 Å². The van der Waals surface area contributed by atoms with Crippen LogP contribution in [-0.4, -0.2) is 10.2 Å². The third-order valence-electron chi connectivity index (χ3n) is 4.87. The molecule has 0 radical (unpaired) electrons. The molecular weight excluding hydrogens is 352 g/mol. The summed E-state index contributed by atoms with van der Waals surface area (Å²) in [6.07, 6.45) is 0. The summed E-state index contributed by atoms with van der Waals surface area (Å²) in [7, 11) is 0. The van der Waals surface area contributed by atoms with Crippen molar-refractivity contribution < 1.29 is 10.2 Å². The van der Waals surface area contributed by atoms with Gasteiger partial charge in [0.2, 0.25) is 0 Å². The fraction of sp³-hybridized carbons (Fsp3) is 0.500. The molecule has 0 heterocycles. The zero-order valence-electron chi connectivity index (χ0n) is 18.0. The van der Waals surface area contributed by atoms with Gasteiger partial charge in [0, 0.05) is 11.5 Å². The molecule has 2 N–H and O–H groups in total. The van der Waals surface area contributed by atoms with Crippen molar-refractivity contribution in [2.45, 2.75) is 77.7 Å². The van der Waals surface area contributed by atoms with Gasteiger partial charge in [0.05, 0.1) is 0 Å². The maximum absolute atomic E-state index is 10.4. The van der Waals surface area contributed by atoms with Crippen LogP contribution in [0.4, 0.5) is 0 Å². The molecule has 0 spiro atoms. The minimum atomic E-state index is -0.0782. The summed E-state index contributed by atoms with van der Waals surface area (Å²) in [5, 5.41) is 20.8. The first-order valence-electron chi connectivity index (χ1n) is 9.54. The Bertz CT molecular complexity index is 754. The first kappa shape index (κ1) is 21.7. The van der Waals surface area contributed by atoms with Crippen LogP contribution in [0.3, 0.4) is 0 Å². The number of hydrogen-bond donors (Lipinski definition) is 2. The van der Waals surface area contributed by atoms with Crippen molar-refractivity contribution in [3.63, 3.8) is 0 Å². The van der Waals surface area contributed by atoms with Gasteiger partial charge in [0.15, 0.2) is 0 Å². The highest BCUT2D eigenvalue weighted by Gasteiger charge is 2.21. The molecule has 2 aromatic carbocycles. The van der Waals surface area contributed by atoms with E-state index in [0.717, 1.165) is 33.8 Å². The average molecular weight is 387 g/mol. The maximum Gasteiger partial charge on any atom is 0.122 e. The lowest BCUT2D eigenvalue weighted by Gasteiger charge is -2.23. The van der Waals surface area contributed by atoms with Crippen LogP contribution in [0.25, 0.3) is 0 Å². The van der Waals surface area contributed by atoms with E-state index in [9.17, 15) is 10.2 Å². The number of aryl methyl sites for hydroxylation is 2. The third kappa shape index (κ3) is 5.22. The predicted octanol–water partition coefficient (Wildman–Crippen LogP) is 6.74. The van der Waals surface area contributed by atoms with Crippen molar-refractivity contribution in [1.82, 2.24) is 0 Å².